The van der Waals surface area contributed by atoms with Gasteiger partial charge in [0.2, 0.25) is 0 Å². The molecule has 6 bridgehead atoms. The summed E-state index contributed by atoms with van der Waals surface area (Å²) in [5.74, 6) is -0.624. The van der Waals surface area contributed by atoms with E-state index in [9.17, 15) is 14.4 Å². The summed E-state index contributed by atoms with van der Waals surface area (Å²) in [4.78, 5) is 49.9. The van der Waals surface area contributed by atoms with Crippen molar-refractivity contribution >= 4 is 83.1 Å². The summed E-state index contributed by atoms with van der Waals surface area (Å²) in [6, 6.07) is 0. The summed E-state index contributed by atoms with van der Waals surface area (Å²) in [7, 11) is 1.41. The Morgan fingerprint density at radius 1 is 0.981 bits per heavy atom. The topological polar surface area (TPSA) is 116 Å². The molecule has 1 amide bonds. The van der Waals surface area contributed by atoms with Gasteiger partial charge in [-0.05, 0) is 0 Å². The van der Waals surface area contributed by atoms with E-state index in [4.69, 9.17) is 19.5 Å². The number of rotatable bonds is 16. The van der Waals surface area contributed by atoms with Gasteiger partial charge in [0.1, 0.15) is 0 Å². The van der Waals surface area contributed by atoms with Crippen LogP contribution in [0.5, 0.6) is 0 Å². The summed E-state index contributed by atoms with van der Waals surface area (Å²) in [5.41, 5.74) is 11.9. The predicted molar refractivity (Wildman–Crippen MR) is 218 cm³/mol. The first kappa shape index (κ1) is 39.6. The van der Waals surface area contributed by atoms with Crippen LogP contribution in [0, 0.1) is 25.7 Å². The van der Waals surface area contributed by atoms with Gasteiger partial charge in [0.15, 0.2) is 0 Å². The molecule has 0 spiro atoms. The third-order valence-electron chi connectivity index (χ3n) is 11.5. The number of amides is 1. The van der Waals surface area contributed by atoms with Gasteiger partial charge in [-0.25, -0.2) is 0 Å². The predicted octanol–water partition coefficient (Wildman–Crippen LogP) is 6.22. The Balaban J connectivity index is 1.72. The number of ether oxygens (including phenoxy) is 2. The monoisotopic (exact) mass is 834 g/mol. The Kier molecular flexibility index (Phi) is 12.6. The molecule has 6 heterocycles. The van der Waals surface area contributed by atoms with Crippen LogP contribution in [0.2, 0.25) is 0 Å². The van der Waals surface area contributed by atoms with Gasteiger partial charge in [0.25, 0.3) is 0 Å². The fourth-order valence-corrected chi connectivity index (χ4v) is 13.5. The van der Waals surface area contributed by atoms with Crippen molar-refractivity contribution in [3.05, 3.63) is 73.5 Å². The molecule has 2 atom stereocenters. The standard InChI is InChI=1S/C43H54N5O5.In/c1-9-12-13-14-15-18-44-43(51)40-28(7)36-23-38-30(11-3)26(5)34(46-38)22-37-29(10-2)25(4)33(45-37)21-35-27(6)31(17-16-19-53-24-49)41(47-35)32(42(40)48-36)20-39(50)52-8;/h10,21-24,27,31H,2,9,11-20H2,1,3-8H3,(H2-,44,45,46,47,48,51);/q-1;+2/p-1/t27-,31-;/m0./s1. The summed E-state index contributed by atoms with van der Waals surface area (Å²) in [6.07, 6.45) is 16.1. The van der Waals surface area contributed by atoms with Crippen LogP contribution in [0.25, 0.3) is 29.9 Å². The molecular formula is C43H53InN5O5. The number of hydrogen-bond acceptors (Lipinski definition) is 7. The summed E-state index contributed by atoms with van der Waals surface area (Å²) in [5, 5.41) is 5.43. The third kappa shape index (κ3) is 7.32. The van der Waals surface area contributed by atoms with E-state index in [1.165, 1.54) is 19.1 Å². The number of nitrogens with zero attached hydrogens (tertiary/aromatic N) is 4. The van der Waals surface area contributed by atoms with Crippen LogP contribution >= 0.6 is 0 Å². The zero-order valence-corrected chi connectivity index (χ0v) is 36.2. The Morgan fingerprint density at radius 3 is 2.46 bits per heavy atom. The summed E-state index contributed by atoms with van der Waals surface area (Å²) < 4.78 is 15.3. The molecule has 1 radical (unpaired) electrons. The van der Waals surface area contributed by atoms with Gasteiger partial charge in [-0.2, -0.15) is 0 Å². The Morgan fingerprint density at radius 2 is 1.76 bits per heavy atom. The van der Waals surface area contributed by atoms with Crippen LogP contribution in [-0.2, 0) is 19.1 Å². The minimum absolute atomic E-state index is 0.00278. The number of unbranched alkanes of at least 4 members (excludes halogenated alkanes) is 4. The van der Waals surface area contributed by atoms with Crippen molar-refractivity contribution in [1.29, 1.82) is 0 Å². The number of hydrogen-bond donors (Lipinski definition) is 1. The molecule has 10 nitrogen and oxygen atoms in total. The molecule has 283 valence electrons. The first-order chi connectivity index (χ1) is 26.1. The molecule has 0 fully saturated rings. The normalized spacial score (nSPS) is 18.2. The zero-order valence-electron chi connectivity index (χ0n) is 32.9. The number of aliphatic imine (C=N–C) groups is 2. The molecule has 0 saturated heterocycles. The molecule has 2 aromatic rings. The molecule has 0 aliphatic carbocycles. The SMILES string of the molecule is C=Cc1c(C)c2[n]3c1=CC1=NC(=Cc4c(C)c(C(=O)NCCCCCCC)c([n]4[In]3)C(CC(=O)OC)=C3N=C(C=2)[C@@H](C)[C@@H]3CCCOC=O)C(CC)=C1C. The third-order valence-corrected chi connectivity index (χ3v) is 16.0. The average molecular weight is 835 g/mol. The van der Waals surface area contributed by atoms with Crippen molar-refractivity contribution in [1.82, 2.24) is 10.4 Å². The molecule has 11 heteroatoms. The molecule has 4 aliphatic rings. The van der Waals surface area contributed by atoms with Gasteiger partial charge in [0, 0.05) is 0 Å². The first-order valence-corrected chi connectivity index (χ1v) is 22.4. The Bertz CT molecular complexity index is 2180. The van der Waals surface area contributed by atoms with E-state index in [1.807, 2.05) is 13.0 Å². The van der Waals surface area contributed by atoms with Crippen LogP contribution < -0.4 is 16.0 Å². The fraction of sp³-hybridized carbons (Fsp3) is 0.465. The van der Waals surface area contributed by atoms with Crippen molar-refractivity contribution in [2.24, 2.45) is 21.8 Å². The molecule has 6 rings (SSSR count). The number of allylic oxidation sites excluding steroid dienone is 3. The minimum atomic E-state index is -2.19. The fourth-order valence-electron chi connectivity index (χ4n) is 8.50. The van der Waals surface area contributed by atoms with Gasteiger partial charge >= 0.3 is 332 Å². The maximum absolute atomic E-state index is 14.7. The second kappa shape index (κ2) is 17.1. The molecule has 0 unspecified atom stereocenters. The van der Waals surface area contributed by atoms with Crippen LogP contribution in [0.4, 0.5) is 0 Å². The van der Waals surface area contributed by atoms with Crippen LogP contribution in [0.15, 0.2) is 39.1 Å². The van der Waals surface area contributed by atoms with Crippen molar-refractivity contribution < 1.29 is 23.9 Å². The van der Waals surface area contributed by atoms with Crippen molar-refractivity contribution in [2.75, 3.05) is 20.3 Å². The Labute approximate surface area is 330 Å². The number of esters is 1. The van der Waals surface area contributed by atoms with Crippen molar-refractivity contribution in [3.8, 4) is 0 Å². The molecule has 0 aromatic carbocycles. The van der Waals surface area contributed by atoms with E-state index in [-0.39, 0.29) is 24.2 Å². The number of fused-ring (bicyclic) bond motifs is 2. The summed E-state index contributed by atoms with van der Waals surface area (Å²) >= 11 is -2.19. The number of nitrogens with one attached hydrogen (secondary N) is 1. The molecule has 0 saturated carbocycles. The van der Waals surface area contributed by atoms with E-state index < -0.39 is 29.5 Å². The number of carbonyl (C=O) groups excluding carboxylic acids is 3. The molecule has 4 aliphatic heterocycles. The number of carbonyl (C=O) groups is 3. The van der Waals surface area contributed by atoms with Gasteiger partial charge in [-0.15, -0.1) is 0 Å². The quantitative estimate of drug-likeness (QED) is 0.123. The summed E-state index contributed by atoms with van der Waals surface area (Å²) in [6.45, 7) is 18.5. The van der Waals surface area contributed by atoms with E-state index in [0.29, 0.717) is 38.0 Å². The van der Waals surface area contributed by atoms with Crippen LogP contribution in [-0.4, -0.2) is 78.6 Å². The van der Waals surface area contributed by atoms with E-state index in [1.54, 1.807) is 0 Å². The Hall–Kier alpha value is -4.12. The van der Waals surface area contributed by atoms with Crippen LogP contribution in [0.3, 0.4) is 0 Å². The average Bonchev–Trinajstić information content (AvgIpc) is 3.81. The zero-order chi connectivity index (χ0) is 38.7. The van der Waals surface area contributed by atoms with Crippen molar-refractivity contribution in [2.45, 2.75) is 99.3 Å². The molecule has 1 N–H and O–H groups in total. The van der Waals surface area contributed by atoms with Crippen molar-refractivity contribution in [3.63, 3.8) is 0 Å². The maximum atomic E-state index is 14.7. The second-order valence-electron chi connectivity index (χ2n) is 14.7. The first-order valence-electron chi connectivity index (χ1n) is 19.5. The van der Waals surface area contributed by atoms with E-state index >= 15 is 0 Å². The molecule has 54 heavy (non-hydrogen) atoms. The molecule has 2 aromatic heterocycles. The second-order valence-corrected chi connectivity index (χ2v) is 18.3. The van der Waals surface area contributed by atoms with E-state index in [2.05, 4.69) is 69.9 Å². The van der Waals surface area contributed by atoms with Gasteiger partial charge in [-0.3, -0.25) is 0 Å². The van der Waals surface area contributed by atoms with Gasteiger partial charge in [0.05, 0.1) is 0 Å². The van der Waals surface area contributed by atoms with Gasteiger partial charge < -0.3 is 0 Å². The number of aromatic nitrogens is 2. The van der Waals surface area contributed by atoms with Crippen LogP contribution in [0.1, 0.15) is 124 Å². The molecular weight excluding hydrogens is 781 g/mol. The van der Waals surface area contributed by atoms with Gasteiger partial charge in [-0.1, -0.05) is 0 Å². The van der Waals surface area contributed by atoms with E-state index in [0.717, 1.165) is 105 Å². The number of methoxy groups -OCH3 is 1.